The summed E-state index contributed by atoms with van der Waals surface area (Å²) in [5.74, 6) is 2.49. The van der Waals surface area contributed by atoms with Crippen molar-refractivity contribution in [1.29, 1.82) is 0 Å². The highest BCUT2D eigenvalue weighted by Gasteiger charge is 2.14. The standard InChI is InChI=1S/C13H16N4S/c1-2-4-13(5-3-1)17-15-9-12(16-17)8-14-11-6-7-18-10-11/h1-5,9,11,14H,6-8,10H2. The van der Waals surface area contributed by atoms with Gasteiger partial charge in [0.25, 0.3) is 0 Å². The smallest absolute Gasteiger partial charge is 0.0969 e. The molecule has 0 bridgehead atoms. The summed E-state index contributed by atoms with van der Waals surface area (Å²) < 4.78 is 0. The predicted molar refractivity (Wildman–Crippen MR) is 73.9 cm³/mol. The van der Waals surface area contributed by atoms with Crippen molar-refractivity contribution in [3.8, 4) is 5.69 Å². The van der Waals surface area contributed by atoms with Crippen LogP contribution in [0.1, 0.15) is 12.1 Å². The van der Waals surface area contributed by atoms with E-state index in [-0.39, 0.29) is 0 Å². The van der Waals surface area contributed by atoms with Crippen LogP contribution in [0.15, 0.2) is 36.5 Å². The first kappa shape index (κ1) is 11.7. The largest absolute Gasteiger partial charge is 0.307 e. The molecule has 1 unspecified atom stereocenters. The van der Waals surface area contributed by atoms with Crippen LogP contribution in [0.5, 0.6) is 0 Å². The van der Waals surface area contributed by atoms with E-state index in [2.05, 4.69) is 15.5 Å². The van der Waals surface area contributed by atoms with Gasteiger partial charge >= 0.3 is 0 Å². The maximum absolute atomic E-state index is 4.48. The van der Waals surface area contributed by atoms with Crippen molar-refractivity contribution in [3.63, 3.8) is 0 Å². The molecule has 0 spiro atoms. The zero-order valence-electron chi connectivity index (χ0n) is 10.1. The maximum Gasteiger partial charge on any atom is 0.0969 e. The molecule has 1 aliphatic rings. The molecule has 2 heterocycles. The van der Waals surface area contributed by atoms with Crippen LogP contribution in [-0.4, -0.2) is 32.5 Å². The van der Waals surface area contributed by atoms with Gasteiger partial charge in [0.05, 0.1) is 17.6 Å². The number of nitrogens with zero attached hydrogens (tertiary/aromatic N) is 3. The third-order valence-electron chi connectivity index (χ3n) is 3.03. The fourth-order valence-electron chi connectivity index (χ4n) is 2.01. The number of hydrogen-bond donors (Lipinski definition) is 1. The highest BCUT2D eigenvalue weighted by atomic mass is 32.2. The fourth-order valence-corrected chi connectivity index (χ4v) is 3.19. The van der Waals surface area contributed by atoms with Gasteiger partial charge in [-0.25, -0.2) is 0 Å². The molecule has 2 aromatic rings. The van der Waals surface area contributed by atoms with Gasteiger partial charge in [0.1, 0.15) is 0 Å². The van der Waals surface area contributed by atoms with Gasteiger partial charge in [0, 0.05) is 18.3 Å². The molecule has 0 aliphatic carbocycles. The summed E-state index contributed by atoms with van der Waals surface area (Å²) in [5, 5.41) is 12.3. The average Bonchev–Trinajstić information content (AvgIpc) is 3.09. The quantitative estimate of drug-likeness (QED) is 0.911. The van der Waals surface area contributed by atoms with Crippen molar-refractivity contribution in [2.24, 2.45) is 0 Å². The molecule has 3 rings (SSSR count). The van der Waals surface area contributed by atoms with Crippen LogP contribution in [-0.2, 0) is 6.54 Å². The minimum atomic E-state index is 0.636. The Kier molecular flexibility index (Phi) is 3.61. The van der Waals surface area contributed by atoms with Gasteiger partial charge in [0.15, 0.2) is 0 Å². The normalized spacial score (nSPS) is 19.2. The highest BCUT2D eigenvalue weighted by molar-refractivity contribution is 7.99. The molecule has 0 saturated carbocycles. The molecular formula is C13H16N4S. The van der Waals surface area contributed by atoms with Crippen LogP contribution < -0.4 is 5.32 Å². The third-order valence-corrected chi connectivity index (χ3v) is 4.19. The monoisotopic (exact) mass is 260 g/mol. The third kappa shape index (κ3) is 2.73. The van der Waals surface area contributed by atoms with E-state index in [4.69, 9.17) is 0 Å². The second-order valence-corrected chi connectivity index (χ2v) is 5.55. The van der Waals surface area contributed by atoms with Gasteiger partial charge in [-0.15, -0.1) is 0 Å². The number of aromatic nitrogens is 3. The van der Waals surface area contributed by atoms with Gasteiger partial charge in [-0.05, 0) is 24.3 Å². The fraction of sp³-hybridized carbons (Fsp3) is 0.385. The Labute approximate surface area is 111 Å². The summed E-state index contributed by atoms with van der Waals surface area (Å²) in [6.45, 7) is 0.804. The first-order chi connectivity index (χ1) is 8.92. The summed E-state index contributed by atoms with van der Waals surface area (Å²) in [5.41, 5.74) is 2.00. The number of rotatable bonds is 4. The molecule has 0 amide bonds. The minimum Gasteiger partial charge on any atom is -0.307 e. The first-order valence-corrected chi connectivity index (χ1v) is 7.35. The van der Waals surface area contributed by atoms with Crippen molar-refractivity contribution in [1.82, 2.24) is 20.3 Å². The molecule has 1 aromatic carbocycles. The predicted octanol–water partition coefficient (Wildman–Crippen LogP) is 1.86. The summed E-state index contributed by atoms with van der Waals surface area (Å²) in [7, 11) is 0. The van der Waals surface area contributed by atoms with E-state index in [0.717, 1.165) is 17.9 Å². The lowest BCUT2D eigenvalue weighted by Gasteiger charge is -2.08. The number of thioether (sulfide) groups is 1. The number of hydrogen-bond acceptors (Lipinski definition) is 4. The Bertz CT molecular complexity index is 491. The molecular weight excluding hydrogens is 244 g/mol. The SMILES string of the molecule is c1ccc(-n2ncc(CNC3CCSC3)n2)cc1. The van der Waals surface area contributed by atoms with Crippen molar-refractivity contribution >= 4 is 11.8 Å². The molecule has 1 aliphatic heterocycles. The highest BCUT2D eigenvalue weighted by Crippen LogP contribution is 2.17. The summed E-state index contributed by atoms with van der Waals surface area (Å²) >= 11 is 2.02. The molecule has 1 fully saturated rings. The van der Waals surface area contributed by atoms with Crippen LogP contribution >= 0.6 is 11.8 Å². The van der Waals surface area contributed by atoms with Crippen molar-refractivity contribution in [2.75, 3.05) is 11.5 Å². The Morgan fingerprint density at radius 1 is 1.33 bits per heavy atom. The van der Waals surface area contributed by atoms with Crippen LogP contribution in [0.2, 0.25) is 0 Å². The Hall–Kier alpha value is -1.33. The molecule has 5 heteroatoms. The van der Waals surface area contributed by atoms with Crippen molar-refractivity contribution in [3.05, 3.63) is 42.2 Å². The van der Waals surface area contributed by atoms with Crippen molar-refractivity contribution < 1.29 is 0 Å². The van der Waals surface area contributed by atoms with Crippen LogP contribution in [0.3, 0.4) is 0 Å². The second-order valence-electron chi connectivity index (χ2n) is 4.40. The van der Waals surface area contributed by atoms with E-state index < -0.39 is 0 Å². The zero-order valence-corrected chi connectivity index (χ0v) is 10.9. The Balaban J connectivity index is 1.63. The first-order valence-electron chi connectivity index (χ1n) is 6.19. The van der Waals surface area contributed by atoms with E-state index >= 15 is 0 Å². The number of nitrogens with one attached hydrogen (secondary N) is 1. The number of para-hydroxylation sites is 1. The van der Waals surface area contributed by atoms with E-state index in [1.165, 1.54) is 17.9 Å². The molecule has 1 N–H and O–H groups in total. The molecule has 18 heavy (non-hydrogen) atoms. The van der Waals surface area contributed by atoms with Gasteiger partial charge in [0.2, 0.25) is 0 Å². The second kappa shape index (κ2) is 5.54. The number of benzene rings is 1. The average molecular weight is 260 g/mol. The van der Waals surface area contributed by atoms with Gasteiger partial charge < -0.3 is 5.32 Å². The van der Waals surface area contributed by atoms with E-state index in [0.29, 0.717) is 6.04 Å². The molecule has 4 nitrogen and oxygen atoms in total. The summed E-state index contributed by atoms with van der Waals surface area (Å²) in [4.78, 5) is 1.68. The molecule has 1 atom stereocenters. The van der Waals surface area contributed by atoms with Gasteiger partial charge in [-0.3, -0.25) is 0 Å². The van der Waals surface area contributed by atoms with Crippen molar-refractivity contribution in [2.45, 2.75) is 19.0 Å². The van der Waals surface area contributed by atoms with E-state index in [9.17, 15) is 0 Å². The van der Waals surface area contributed by atoms with E-state index in [1.807, 2.05) is 48.3 Å². The van der Waals surface area contributed by atoms with E-state index in [1.54, 1.807) is 4.80 Å². The lowest BCUT2D eigenvalue weighted by molar-refractivity contribution is 0.549. The minimum absolute atomic E-state index is 0.636. The zero-order chi connectivity index (χ0) is 12.2. The lowest BCUT2D eigenvalue weighted by atomic mass is 10.2. The molecule has 0 radical (unpaired) electrons. The molecule has 1 aromatic heterocycles. The Morgan fingerprint density at radius 3 is 3.00 bits per heavy atom. The molecule has 94 valence electrons. The maximum atomic E-state index is 4.48. The van der Waals surface area contributed by atoms with Crippen LogP contribution in [0, 0.1) is 0 Å². The summed E-state index contributed by atoms with van der Waals surface area (Å²) in [6.07, 6.45) is 3.10. The molecule has 1 saturated heterocycles. The summed E-state index contributed by atoms with van der Waals surface area (Å²) in [6, 6.07) is 10.6. The Morgan fingerprint density at radius 2 is 2.22 bits per heavy atom. The topological polar surface area (TPSA) is 42.7 Å². The van der Waals surface area contributed by atoms with Crippen LogP contribution in [0.4, 0.5) is 0 Å². The van der Waals surface area contributed by atoms with Gasteiger partial charge in [-0.2, -0.15) is 26.8 Å². The van der Waals surface area contributed by atoms with Crippen LogP contribution in [0.25, 0.3) is 5.69 Å². The lowest BCUT2D eigenvalue weighted by Crippen LogP contribution is -2.28. The van der Waals surface area contributed by atoms with Gasteiger partial charge in [-0.1, -0.05) is 18.2 Å².